The van der Waals surface area contributed by atoms with Gasteiger partial charge in [0.25, 0.3) is 0 Å². The number of thiazole rings is 1. The van der Waals surface area contributed by atoms with Crippen molar-refractivity contribution in [2.75, 3.05) is 7.05 Å². The third kappa shape index (κ3) is 2.43. The zero-order valence-electron chi connectivity index (χ0n) is 8.84. The zero-order chi connectivity index (χ0) is 10.7. The number of nitrogens with one attached hydrogen (secondary N) is 1. The molecule has 0 aliphatic heterocycles. The van der Waals surface area contributed by atoms with Crippen LogP contribution in [0.25, 0.3) is 0 Å². The monoisotopic (exact) mass is 222 g/mol. The summed E-state index contributed by atoms with van der Waals surface area (Å²) in [6.45, 7) is 0. The molecule has 0 aromatic carbocycles. The summed E-state index contributed by atoms with van der Waals surface area (Å²) in [4.78, 5) is 4.31. The lowest BCUT2D eigenvalue weighted by atomic mass is 10.1. The van der Waals surface area contributed by atoms with Gasteiger partial charge < -0.3 is 5.32 Å². The molecule has 1 atom stereocenters. The molecule has 80 valence electrons. The normalized spacial score (nSPS) is 12.9. The summed E-state index contributed by atoms with van der Waals surface area (Å²) in [6, 6.07) is 2.29. The van der Waals surface area contributed by atoms with E-state index in [4.69, 9.17) is 0 Å². The minimum atomic E-state index is 0.256. The van der Waals surface area contributed by atoms with Crippen molar-refractivity contribution in [2.45, 2.75) is 12.5 Å². The first kappa shape index (κ1) is 10.3. The number of nitrogens with zero attached hydrogens (tertiary/aromatic N) is 3. The second-order valence-electron chi connectivity index (χ2n) is 3.44. The molecule has 0 saturated heterocycles. The second kappa shape index (κ2) is 4.55. The Bertz CT molecular complexity index is 407. The fourth-order valence-electron chi connectivity index (χ4n) is 1.53. The van der Waals surface area contributed by atoms with E-state index in [1.165, 1.54) is 0 Å². The molecule has 0 amide bonds. The van der Waals surface area contributed by atoms with Crippen LogP contribution in [0.3, 0.4) is 0 Å². The van der Waals surface area contributed by atoms with Crippen LogP contribution in [0.4, 0.5) is 0 Å². The molecule has 4 nitrogen and oxygen atoms in total. The smallest absolute Gasteiger partial charge is 0.0795 e. The predicted molar refractivity (Wildman–Crippen MR) is 60.8 cm³/mol. The number of hydrogen-bond donors (Lipinski definition) is 1. The molecule has 1 unspecified atom stereocenters. The molecule has 0 spiro atoms. The highest BCUT2D eigenvalue weighted by Crippen LogP contribution is 2.16. The molecule has 0 saturated carbocycles. The Hall–Kier alpha value is -1.20. The fraction of sp³-hybridized carbons (Fsp3) is 0.400. The topological polar surface area (TPSA) is 42.7 Å². The highest BCUT2D eigenvalue weighted by molar-refractivity contribution is 7.07. The van der Waals surface area contributed by atoms with E-state index in [1.54, 1.807) is 11.3 Å². The molecule has 0 aliphatic carbocycles. The number of aromatic nitrogens is 3. The maximum absolute atomic E-state index is 4.36. The van der Waals surface area contributed by atoms with E-state index in [9.17, 15) is 0 Å². The van der Waals surface area contributed by atoms with Crippen molar-refractivity contribution in [1.82, 2.24) is 20.1 Å². The highest BCUT2D eigenvalue weighted by atomic mass is 32.1. The van der Waals surface area contributed by atoms with Gasteiger partial charge in [-0.15, -0.1) is 11.3 Å². The van der Waals surface area contributed by atoms with Gasteiger partial charge in [-0.1, -0.05) is 0 Å². The Morgan fingerprint density at radius 1 is 1.60 bits per heavy atom. The standard InChI is InChI=1S/C10H14N4S/c1-11-9(10-6-15-7-12-10)5-8-3-4-14(2)13-8/h3-4,6-7,9,11H,5H2,1-2H3. The maximum atomic E-state index is 4.36. The minimum Gasteiger partial charge on any atom is -0.311 e. The van der Waals surface area contributed by atoms with Gasteiger partial charge in [-0.3, -0.25) is 4.68 Å². The van der Waals surface area contributed by atoms with E-state index >= 15 is 0 Å². The number of aryl methyl sites for hydroxylation is 1. The van der Waals surface area contributed by atoms with E-state index in [0.717, 1.165) is 17.8 Å². The lowest BCUT2D eigenvalue weighted by molar-refractivity contribution is 0.566. The van der Waals surface area contributed by atoms with Crippen LogP contribution in [-0.2, 0) is 13.5 Å². The van der Waals surface area contributed by atoms with Crippen LogP contribution in [0.2, 0.25) is 0 Å². The summed E-state index contributed by atoms with van der Waals surface area (Å²) in [5.74, 6) is 0. The molecule has 5 heteroatoms. The molecule has 0 aliphatic rings. The minimum absolute atomic E-state index is 0.256. The van der Waals surface area contributed by atoms with Crippen molar-refractivity contribution in [3.8, 4) is 0 Å². The van der Waals surface area contributed by atoms with Crippen LogP contribution < -0.4 is 5.32 Å². The summed E-state index contributed by atoms with van der Waals surface area (Å²) in [5, 5.41) is 9.69. The summed E-state index contributed by atoms with van der Waals surface area (Å²) in [7, 11) is 3.88. The summed E-state index contributed by atoms with van der Waals surface area (Å²) < 4.78 is 1.82. The van der Waals surface area contributed by atoms with E-state index in [0.29, 0.717) is 0 Å². The van der Waals surface area contributed by atoms with E-state index in [2.05, 4.69) is 20.8 Å². The number of likely N-dealkylation sites (N-methyl/N-ethyl adjacent to an activating group) is 1. The van der Waals surface area contributed by atoms with E-state index in [-0.39, 0.29) is 6.04 Å². The lowest BCUT2D eigenvalue weighted by Crippen LogP contribution is -2.19. The first-order valence-electron chi connectivity index (χ1n) is 4.83. The Labute approximate surface area is 93.0 Å². The average Bonchev–Trinajstić information content (AvgIpc) is 2.85. The lowest BCUT2D eigenvalue weighted by Gasteiger charge is -2.11. The van der Waals surface area contributed by atoms with Crippen LogP contribution in [0.15, 0.2) is 23.2 Å². The maximum Gasteiger partial charge on any atom is 0.0795 e. The Kier molecular flexibility index (Phi) is 3.13. The summed E-state index contributed by atoms with van der Waals surface area (Å²) >= 11 is 1.62. The molecule has 2 rings (SSSR count). The number of rotatable bonds is 4. The number of hydrogen-bond acceptors (Lipinski definition) is 4. The summed E-state index contributed by atoms with van der Waals surface area (Å²) in [6.07, 6.45) is 2.84. The molecule has 2 heterocycles. The second-order valence-corrected chi connectivity index (χ2v) is 4.16. The third-order valence-corrected chi connectivity index (χ3v) is 2.94. The van der Waals surface area contributed by atoms with Crippen molar-refractivity contribution in [3.63, 3.8) is 0 Å². The zero-order valence-corrected chi connectivity index (χ0v) is 9.66. The Morgan fingerprint density at radius 2 is 2.47 bits per heavy atom. The first-order chi connectivity index (χ1) is 7.29. The van der Waals surface area contributed by atoms with E-state index in [1.807, 2.05) is 36.6 Å². The van der Waals surface area contributed by atoms with Crippen LogP contribution in [0.1, 0.15) is 17.4 Å². The SMILES string of the molecule is CNC(Cc1ccn(C)n1)c1cscn1. The van der Waals surface area contributed by atoms with Crippen molar-refractivity contribution < 1.29 is 0 Å². The van der Waals surface area contributed by atoms with Crippen LogP contribution in [0, 0.1) is 0 Å². The molecule has 2 aromatic heterocycles. The Balaban J connectivity index is 2.09. The Morgan fingerprint density at radius 3 is 3.00 bits per heavy atom. The molecular weight excluding hydrogens is 208 g/mol. The summed E-state index contributed by atoms with van der Waals surface area (Å²) in [5.41, 5.74) is 4.04. The van der Waals surface area contributed by atoms with Gasteiger partial charge in [0, 0.05) is 25.0 Å². The van der Waals surface area contributed by atoms with Crippen LogP contribution >= 0.6 is 11.3 Å². The van der Waals surface area contributed by atoms with Gasteiger partial charge in [-0.2, -0.15) is 5.10 Å². The molecule has 0 radical (unpaired) electrons. The van der Waals surface area contributed by atoms with Gasteiger partial charge in [0.05, 0.1) is 22.9 Å². The molecule has 0 fully saturated rings. The third-order valence-electron chi connectivity index (χ3n) is 2.34. The van der Waals surface area contributed by atoms with Gasteiger partial charge in [0.15, 0.2) is 0 Å². The van der Waals surface area contributed by atoms with Gasteiger partial charge >= 0.3 is 0 Å². The fourth-order valence-corrected chi connectivity index (χ4v) is 2.14. The first-order valence-corrected chi connectivity index (χ1v) is 5.77. The predicted octanol–water partition coefficient (Wildman–Crippen LogP) is 1.38. The van der Waals surface area contributed by atoms with Gasteiger partial charge in [0.2, 0.25) is 0 Å². The van der Waals surface area contributed by atoms with Crippen LogP contribution in [-0.4, -0.2) is 21.8 Å². The van der Waals surface area contributed by atoms with Gasteiger partial charge in [0.1, 0.15) is 0 Å². The highest BCUT2D eigenvalue weighted by Gasteiger charge is 2.13. The van der Waals surface area contributed by atoms with Crippen molar-refractivity contribution in [3.05, 3.63) is 34.5 Å². The van der Waals surface area contributed by atoms with E-state index < -0.39 is 0 Å². The quantitative estimate of drug-likeness (QED) is 0.850. The molecule has 0 bridgehead atoms. The van der Waals surface area contributed by atoms with Crippen molar-refractivity contribution in [2.24, 2.45) is 7.05 Å². The molecule has 1 N–H and O–H groups in total. The van der Waals surface area contributed by atoms with Gasteiger partial charge in [-0.25, -0.2) is 4.98 Å². The van der Waals surface area contributed by atoms with Crippen LogP contribution in [0.5, 0.6) is 0 Å². The average molecular weight is 222 g/mol. The largest absolute Gasteiger partial charge is 0.311 e. The van der Waals surface area contributed by atoms with Crippen molar-refractivity contribution in [1.29, 1.82) is 0 Å². The van der Waals surface area contributed by atoms with Gasteiger partial charge in [-0.05, 0) is 13.1 Å². The van der Waals surface area contributed by atoms with Crippen molar-refractivity contribution >= 4 is 11.3 Å². The molecule has 15 heavy (non-hydrogen) atoms. The molecule has 2 aromatic rings. The molecular formula is C10H14N4S.